The van der Waals surface area contributed by atoms with E-state index >= 15 is 0 Å². The van der Waals surface area contributed by atoms with E-state index in [4.69, 9.17) is 0 Å². The second-order valence-electron chi connectivity index (χ2n) is 5.11. The molecular weight excluding hydrogens is 195 g/mol. The van der Waals surface area contributed by atoms with Crippen molar-refractivity contribution < 1.29 is 14.3 Å². The van der Waals surface area contributed by atoms with Gasteiger partial charge in [0.25, 0.3) is 0 Å². The first-order valence-electron chi connectivity index (χ1n) is 5.81. The van der Waals surface area contributed by atoms with Crippen LogP contribution in [0.1, 0.15) is 46.0 Å². The van der Waals surface area contributed by atoms with Crippen molar-refractivity contribution in [3.05, 3.63) is 0 Å². The molecule has 0 aromatic rings. The molecule has 0 aromatic carbocycles. The third kappa shape index (κ3) is 2.70. The van der Waals surface area contributed by atoms with Crippen LogP contribution in [0.5, 0.6) is 0 Å². The molecule has 2 nitrogen and oxygen atoms in total. The van der Waals surface area contributed by atoms with Crippen LogP contribution in [0, 0.1) is 17.3 Å². The summed E-state index contributed by atoms with van der Waals surface area (Å²) in [6, 6.07) is 0. The van der Waals surface area contributed by atoms with E-state index in [1.807, 2.05) is 0 Å². The maximum Gasteiger partial charge on any atom is 0.309 e. The molecule has 3 heteroatoms. The first kappa shape index (κ1) is 12.5. The second kappa shape index (κ2) is 4.95. The lowest BCUT2D eigenvalue weighted by molar-refractivity contribution is -0.152. The third-order valence-electron chi connectivity index (χ3n) is 3.96. The summed E-state index contributed by atoms with van der Waals surface area (Å²) >= 11 is 0. The van der Waals surface area contributed by atoms with Gasteiger partial charge in [0, 0.05) is 0 Å². The summed E-state index contributed by atoms with van der Waals surface area (Å²) in [5.74, 6) is 0.432. The molecule has 88 valence electrons. The molecule has 0 aromatic heterocycles. The number of carbonyl (C=O) groups is 1. The Balaban J connectivity index is 2.61. The van der Waals surface area contributed by atoms with Gasteiger partial charge < -0.3 is 5.11 Å². The maximum absolute atomic E-state index is 12.4. The number of carboxylic acids is 1. The molecule has 0 amide bonds. The van der Waals surface area contributed by atoms with Crippen molar-refractivity contribution in [1.82, 2.24) is 0 Å². The molecule has 1 aliphatic carbocycles. The minimum absolute atomic E-state index is 0.188. The molecule has 0 atom stereocenters. The minimum atomic E-state index is -0.803. The quantitative estimate of drug-likeness (QED) is 0.783. The Kier molecular flexibility index (Phi) is 4.12. The first-order valence-corrected chi connectivity index (χ1v) is 5.81. The number of halogens is 1. The van der Waals surface area contributed by atoms with Crippen LogP contribution in [0.4, 0.5) is 4.39 Å². The normalized spacial score (nSPS) is 31.9. The maximum atomic E-state index is 12.4. The van der Waals surface area contributed by atoms with Gasteiger partial charge in [0.2, 0.25) is 0 Å². The van der Waals surface area contributed by atoms with Crippen molar-refractivity contribution >= 4 is 5.97 Å². The van der Waals surface area contributed by atoms with Gasteiger partial charge in [-0.2, -0.15) is 0 Å². The number of rotatable bonds is 4. The van der Waals surface area contributed by atoms with Crippen LogP contribution in [-0.4, -0.2) is 17.8 Å². The van der Waals surface area contributed by atoms with Crippen molar-refractivity contribution in [3.8, 4) is 0 Å². The van der Waals surface area contributed by atoms with Gasteiger partial charge in [0.1, 0.15) is 0 Å². The first-order chi connectivity index (χ1) is 7.02. The van der Waals surface area contributed by atoms with E-state index in [0.29, 0.717) is 24.7 Å². The van der Waals surface area contributed by atoms with Crippen molar-refractivity contribution in [3.63, 3.8) is 0 Å². The molecule has 15 heavy (non-hydrogen) atoms. The predicted molar refractivity (Wildman–Crippen MR) is 57.5 cm³/mol. The number of alkyl halides is 1. The molecule has 0 spiro atoms. The van der Waals surface area contributed by atoms with E-state index < -0.39 is 18.1 Å². The van der Waals surface area contributed by atoms with Gasteiger partial charge in [-0.1, -0.05) is 13.8 Å². The number of carboxylic acid groups (broad SMARTS) is 1. The molecule has 0 bridgehead atoms. The lowest BCUT2D eigenvalue weighted by atomic mass is 9.66. The Bertz CT molecular complexity index is 218. The van der Waals surface area contributed by atoms with Gasteiger partial charge in [0.15, 0.2) is 0 Å². The fourth-order valence-electron chi connectivity index (χ4n) is 2.61. The Morgan fingerprint density at radius 3 is 2.33 bits per heavy atom. The van der Waals surface area contributed by atoms with Crippen molar-refractivity contribution in [2.45, 2.75) is 46.0 Å². The Labute approximate surface area is 90.9 Å². The molecule has 0 heterocycles. The van der Waals surface area contributed by atoms with Crippen LogP contribution in [0.3, 0.4) is 0 Å². The van der Waals surface area contributed by atoms with Crippen LogP contribution < -0.4 is 0 Å². The molecule has 1 rings (SSSR count). The van der Waals surface area contributed by atoms with E-state index in [9.17, 15) is 14.3 Å². The van der Waals surface area contributed by atoms with E-state index in [0.717, 1.165) is 12.8 Å². The second-order valence-corrected chi connectivity index (χ2v) is 5.11. The molecule has 0 aliphatic heterocycles. The summed E-state index contributed by atoms with van der Waals surface area (Å²) in [7, 11) is 0. The fraction of sp³-hybridized carbons (Fsp3) is 0.917. The molecule has 0 saturated heterocycles. The molecular formula is C12H21FO2. The zero-order chi connectivity index (χ0) is 11.5. The van der Waals surface area contributed by atoms with Crippen LogP contribution >= 0.6 is 0 Å². The van der Waals surface area contributed by atoms with Gasteiger partial charge in [0.05, 0.1) is 12.1 Å². The summed E-state index contributed by atoms with van der Waals surface area (Å²) in [5, 5.41) is 9.18. The molecule has 1 saturated carbocycles. The Morgan fingerprint density at radius 1 is 1.47 bits per heavy atom. The van der Waals surface area contributed by atoms with Crippen molar-refractivity contribution in [1.29, 1.82) is 0 Å². The SMILES string of the molecule is CC(C)C1CCC(CCF)(C(=O)O)CC1. The molecule has 1 fully saturated rings. The topological polar surface area (TPSA) is 37.3 Å². The highest BCUT2D eigenvalue weighted by molar-refractivity contribution is 5.74. The van der Waals surface area contributed by atoms with Crippen LogP contribution in [0.25, 0.3) is 0 Å². The predicted octanol–water partition coefficient (Wildman–Crippen LogP) is 3.26. The fourth-order valence-corrected chi connectivity index (χ4v) is 2.61. The smallest absolute Gasteiger partial charge is 0.309 e. The van der Waals surface area contributed by atoms with Crippen molar-refractivity contribution in [2.75, 3.05) is 6.67 Å². The monoisotopic (exact) mass is 216 g/mol. The zero-order valence-corrected chi connectivity index (χ0v) is 9.63. The van der Waals surface area contributed by atoms with Crippen LogP contribution in [0.2, 0.25) is 0 Å². The van der Waals surface area contributed by atoms with E-state index in [-0.39, 0.29) is 6.42 Å². The summed E-state index contributed by atoms with van der Waals surface area (Å²) in [5.41, 5.74) is -0.764. The van der Waals surface area contributed by atoms with E-state index in [2.05, 4.69) is 13.8 Å². The third-order valence-corrected chi connectivity index (χ3v) is 3.96. The highest BCUT2D eigenvalue weighted by Gasteiger charge is 2.41. The molecule has 0 unspecified atom stereocenters. The average Bonchev–Trinajstić information content (AvgIpc) is 2.18. The van der Waals surface area contributed by atoms with Gasteiger partial charge in [-0.25, -0.2) is 0 Å². The minimum Gasteiger partial charge on any atom is -0.481 e. The van der Waals surface area contributed by atoms with Gasteiger partial charge in [-0.15, -0.1) is 0 Å². The standard InChI is InChI=1S/C12H21FO2/c1-9(2)10-3-5-12(6-4-10,7-8-13)11(14)15/h9-10H,3-8H2,1-2H3,(H,14,15). The average molecular weight is 216 g/mol. The van der Waals surface area contributed by atoms with Gasteiger partial charge in [-0.05, 0) is 43.9 Å². The lowest BCUT2D eigenvalue weighted by Crippen LogP contribution is -2.36. The van der Waals surface area contributed by atoms with E-state index in [1.165, 1.54) is 0 Å². The van der Waals surface area contributed by atoms with Crippen molar-refractivity contribution in [2.24, 2.45) is 17.3 Å². The largest absolute Gasteiger partial charge is 0.481 e. The molecule has 1 aliphatic rings. The molecule has 0 radical (unpaired) electrons. The summed E-state index contributed by atoms with van der Waals surface area (Å²) in [6.07, 6.45) is 3.35. The zero-order valence-electron chi connectivity index (χ0n) is 9.63. The van der Waals surface area contributed by atoms with Gasteiger partial charge in [-0.3, -0.25) is 9.18 Å². The van der Waals surface area contributed by atoms with Crippen LogP contribution in [0.15, 0.2) is 0 Å². The van der Waals surface area contributed by atoms with Crippen LogP contribution in [-0.2, 0) is 4.79 Å². The Hall–Kier alpha value is -0.600. The molecule has 1 N–H and O–H groups in total. The van der Waals surface area contributed by atoms with E-state index in [1.54, 1.807) is 0 Å². The summed E-state index contributed by atoms with van der Waals surface area (Å²) < 4.78 is 12.4. The number of hydrogen-bond donors (Lipinski definition) is 1. The highest BCUT2D eigenvalue weighted by Crippen LogP contribution is 2.43. The Morgan fingerprint density at radius 2 is 2.00 bits per heavy atom. The number of aliphatic carboxylic acids is 1. The van der Waals surface area contributed by atoms with Gasteiger partial charge >= 0.3 is 5.97 Å². The summed E-state index contributed by atoms with van der Waals surface area (Å²) in [4.78, 5) is 11.2. The summed E-state index contributed by atoms with van der Waals surface area (Å²) in [6.45, 7) is 3.83. The highest BCUT2D eigenvalue weighted by atomic mass is 19.1. The number of hydrogen-bond acceptors (Lipinski definition) is 1. The lowest BCUT2D eigenvalue weighted by Gasteiger charge is -2.37.